The van der Waals surface area contributed by atoms with E-state index in [1.54, 1.807) is 5.56 Å². The number of hydrogen-bond donors (Lipinski definition) is 0. The van der Waals surface area contributed by atoms with Crippen LogP contribution in [0.25, 0.3) is 0 Å². The highest BCUT2D eigenvalue weighted by Gasteiger charge is 2.22. The summed E-state index contributed by atoms with van der Waals surface area (Å²) in [5.74, 6) is 16.3. The molecule has 0 radical (unpaired) electrons. The van der Waals surface area contributed by atoms with Crippen LogP contribution in [-0.4, -0.2) is 0 Å². The normalized spacial score (nSPS) is 16.4. The minimum atomic E-state index is 0.828. The van der Waals surface area contributed by atoms with Crippen molar-refractivity contribution in [3.8, 4) is 23.7 Å². The molecular formula is C43H54. The van der Waals surface area contributed by atoms with E-state index in [0.717, 1.165) is 23.0 Å². The van der Waals surface area contributed by atoms with E-state index in [9.17, 15) is 0 Å². The maximum Gasteiger partial charge on any atom is 0.0313 e. The summed E-state index contributed by atoms with van der Waals surface area (Å²) in [6.45, 7) is 31.6. The Bertz CT molecular complexity index is 1640. The molecule has 0 aromatic heterocycles. The third-order valence-corrected chi connectivity index (χ3v) is 11.7. The molecule has 4 rings (SSSR count). The Morgan fingerprint density at radius 2 is 0.628 bits per heavy atom. The second kappa shape index (κ2) is 12.8. The van der Waals surface area contributed by atoms with Crippen molar-refractivity contribution in [3.63, 3.8) is 0 Å². The fraction of sp³-hybridized carbons (Fsp3) is 0.488. The average molecular weight is 571 g/mol. The van der Waals surface area contributed by atoms with Gasteiger partial charge in [-0.25, -0.2) is 0 Å². The van der Waals surface area contributed by atoms with Crippen LogP contribution >= 0.6 is 0 Å². The lowest BCUT2D eigenvalue weighted by molar-refractivity contribution is 0.288. The van der Waals surface area contributed by atoms with Gasteiger partial charge < -0.3 is 0 Å². The summed E-state index contributed by atoms with van der Waals surface area (Å²) in [6.07, 6.45) is 6.74. The molecule has 3 aromatic carbocycles. The van der Waals surface area contributed by atoms with Gasteiger partial charge in [-0.05, 0) is 199 Å². The first-order valence-corrected chi connectivity index (χ1v) is 16.5. The highest BCUT2D eigenvalue weighted by molar-refractivity contribution is 5.65. The van der Waals surface area contributed by atoms with Gasteiger partial charge in [-0.1, -0.05) is 43.4 Å². The molecule has 0 atom stereocenters. The molecule has 0 N–H and O–H groups in total. The van der Waals surface area contributed by atoms with E-state index in [4.69, 9.17) is 0 Å². The molecule has 1 aliphatic carbocycles. The van der Waals surface area contributed by atoms with Crippen molar-refractivity contribution in [1.29, 1.82) is 0 Å². The zero-order valence-corrected chi connectivity index (χ0v) is 29.7. The summed E-state index contributed by atoms with van der Waals surface area (Å²) < 4.78 is 0. The molecule has 226 valence electrons. The Morgan fingerprint density at radius 1 is 0.372 bits per heavy atom. The number of benzene rings is 3. The van der Waals surface area contributed by atoms with Gasteiger partial charge in [0, 0.05) is 22.3 Å². The van der Waals surface area contributed by atoms with Crippen molar-refractivity contribution in [2.75, 3.05) is 0 Å². The summed E-state index contributed by atoms with van der Waals surface area (Å²) in [4.78, 5) is 0. The first-order valence-electron chi connectivity index (χ1n) is 16.5. The first-order chi connectivity index (χ1) is 20.2. The molecular weight excluding hydrogens is 516 g/mol. The molecule has 1 aliphatic rings. The second-order valence-corrected chi connectivity index (χ2v) is 13.9. The maximum absolute atomic E-state index is 3.68. The molecule has 3 aromatic rings. The Balaban J connectivity index is 1.75. The van der Waals surface area contributed by atoms with Gasteiger partial charge in [0.25, 0.3) is 0 Å². The quantitative estimate of drug-likeness (QED) is 0.269. The fourth-order valence-electron chi connectivity index (χ4n) is 7.33. The molecule has 0 bridgehead atoms. The summed E-state index contributed by atoms with van der Waals surface area (Å²) in [5.41, 5.74) is 23.6. The van der Waals surface area contributed by atoms with Crippen LogP contribution in [0.5, 0.6) is 0 Å². The highest BCUT2D eigenvalue weighted by Crippen LogP contribution is 2.35. The van der Waals surface area contributed by atoms with Crippen LogP contribution in [0.1, 0.15) is 133 Å². The predicted molar refractivity (Wildman–Crippen MR) is 188 cm³/mol. The third-order valence-electron chi connectivity index (χ3n) is 11.7. The summed E-state index contributed by atoms with van der Waals surface area (Å²) >= 11 is 0. The molecule has 0 amide bonds. The second-order valence-electron chi connectivity index (χ2n) is 13.9. The van der Waals surface area contributed by atoms with Gasteiger partial charge >= 0.3 is 0 Å². The molecule has 0 unspecified atom stereocenters. The summed E-state index contributed by atoms with van der Waals surface area (Å²) in [5, 5.41) is 0. The van der Waals surface area contributed by atoms with Gasteiger partial charge in [-0.3, -0.25) is 0 Å². The van der Waals surface area contributed by atoms with Crippen LogP contribution < -0.4 is 0 Å². The lowest BCUT2D eigenvalue weighted by Gasteiger charge is -2.28. The third kappa shape index (κ3) is 6.09. The molecule has 0 saturated heterocycles. The Labute approximate surface area is 264 Å². The number of rotatable bonds is 2. The van der Waals surface area contributed by atoms with Crippen LogP contribution in [-0.2, 0) is 6.42 Å². The average Bonchev–Trinajstić information content (AvgIpc) is 2.99. The van der Waals surface area contributed by atoms with E-state index in [1.165, 1.54) is 116 Å². The Hall–Kier alpha value is -3.22. The minimum Gasteiger partial charge on any atom is -0.0625 e. The van der Waals surface area contributed by atoms with Crippen LogP contribution in [0.15, 0.2) is 0 Å². The lowest BCUT2D eigenvalue weighted by atomic mass is 9.77. The van der Waals surface area contributed by atoms with Gasteiger partial charge in [0.05, 0.1) is 0 Å². The van der Waals surface area contributed by atoms with Crippen molar-refractivity contribution in [1.82, 2.24) is 0 Å². The van der Waals surface area contributed by atoms with E-state index in [0.29, 0.717) is 0 Å². The largest absolute Gasteiger partial charge is 0.0625 e. The van der Waals surface area contributed by atoms with Crippen molar-refractivity contribution >= 4 is 0 Å². The van der Waals surface area contributed by atoms with Gasteiger partial charge in [-0.15, -0.1) is 0 Å². The zero-order chi connectivity index (χ0) is 31.9. The monoisotopic (exact) mass is 570 g/mol. The van der Waals surface area contributed by atoms with Gasteiger partial charge in [0.15, 0.2) is 0 Å². The van der Waals surface area contributed by atoms with Crippen LogP contribution in [0.3, 0.4) is 0 Å². The van der Waals surface area contributed by atoms with Crippen molar-refractivity contribution in [2.24, 2.45) is 11.8 Å². The topological polar surface area (TPSA) is 0 Å². The van der Waals surface area contributed by atoms with Crippen LogP contribution in [0.2, 0.25) is 0 Å². The number of hydrogen-bond acceptors (Lipinski definition) is 0. The zero-order valence-electron chi connectivity index (χ0n) is 29.7. The van der Waals surface area contributed by atoms with E-state index >= 15 is 0 Å². The molecule has 0 aliphatic heterocycles. The van der Waals surface area contributed by atoms with Crippen LogP contribution in [0, 0.1) is 126 Å². The SMILES string of the molecule is Cc1c(C)c(C)c(C#Cc2c(C)c(C)c(C#Cc3c(C)c(C)c(CC4CCC(C)CC4)c(C)c3C)c(C)c2C)c(C)c1C. The van der Waals surface area contributed by atoms with Gasteiger partial charge in [-0.2, -0.15) is 0 Å². The smallest absolute Gasteiger partial charge is 0.0313 e. The minimum absolute atomic E-state index is 0.828. The summed E-state index contributed by atoms with van der Waals surface area (Å²) in [6, 6.07) is 0. The Morgan fingerprint density at radius 3 is 0.953 bits per heavy atom. The molecule has 0 heterocycles. The van der Waals surface area contributed by atoms with E-state index in [1.807, 2.05) is 0 Å². The van der Waals surface area contributed by atoms with Crippen molar-refractivity contribution in [3.05, 3.63) is 100 Å². The maximum atomic E-state index is 3.68. The standard InChI is InChI=1S/C43H54/c1-24-15-17-38(18-16-24)23-43-36(13)34(11)42(35(12)37(43)14)22-21-41-32(9)30(7)40(31(8)33(41)10)20-19-39-28(5)26(3)25(2)27(4)29(39)6/h24,38H,15-18,23H2,1-14H3. The van der Waals surface area contributed by atoms with Gasteiger partial charge in [0.2, 0.25) is 0 Å². The van der Waals surface area contributed by atoms with E-state index < -0.39 is 0 Å². The molecule has 1 saturated carbocycles. The molecule has 0 spiro atoms. The van der Waals surface area contributed by atoms with E-state index in [2.05, 4.69) is 121 Å². The summed E-state index contributed by atoms with van der Waals surface area (Å²) in [7, 11) is 0. The highest BCUT2D eigenvalue weighted by atomic mass is 14.3. The lowest BCUT2D eigenvalue weighted by Crippen LogP contribution is -2.16. The Kier molecular flexibility index (Phi) is 9.72. The predicted octanol–water partition coefficient (Wildman–Crippen LogP) is 10.9. The molecule has 43 heavy (non-hydrogen) atoms. The molecule has 0 nitrogen and oxygen atoms in total. The van der Waals surface area contributed by atoms with Gasteiger partial charge in [0.1, 0.15) is 0 Å². The fourth-order valence-corrected chi connectivity index (χ4v) is 7.33. The van der Waals surface area contributed by atoms with Crippen molar-refractivity contribution < 1.29 is 0 Å². The van der Waals surface area contributed by atoms with Crippen LogP contribution in [0.4, 0.5) is 0 Å². The molecule has 0 heteroatoms. The van der Waals surface area contributed by atoms with Crippen molar-refractivity contribution in [2.45, 2.75) is 129 Å². The van der Waals surface area contributed by atoms with E-state index in [-0.39, 0.29) is 0 Å². The molecule has 1 fully saturated rings. The first kappa shape index (κ1) is 32.7.